The van der Waals surface area contributed by atoms with Gasteiger partial charge >= 0.3 is 0 Å². The van der Waals surface area contributed by atoms with Crippen molar-refractivity contribution in [3.63, 3.8) is 0 Å². The molecule has 1 aliphatic heterocycles. The van der Waals surface area contributed by atoms with Crippen molar-refractivity contribution in [2.45, 2.75) is 6.54 Å². The van der Waals surface area contributed by atoms with Gasteiger partial charge in [0.25, 0.3) is 0 Å². The van der Waals surface area contributed by atoms with Crippen molar-refractivity contribution in [1.29, 1.82) is 0 Å². The lowest BCUT2D eigenvalue weighted by molar-refractivity contribution is 0.253. The van der Waals surface area contributed by atoms with Crippen molar-refractivity contribution in [2.24, 2.45) is 0 Å². The first-order chi connectivity index (χ1) is 9.16. The van der Waals surface area contributed by atoms with Gasteiger partial charge in [0.15, 0.2) is 0 Å². The number of piperazine rings is 1. The lowest BCUT2D eigenvalue weighted by Crippen LogP contribution is -2.45. The van der Waals surface area contributed by atoms with Gasteiger partial charge in [0.2, 0.25) is 10.0 Å². The van der Waals surface area contributed by atoms with Crippen molar-refractivity contribution >= 4 is 10.0 Å². The van der Waals surface area contributed by atoms with E-state index in [0.717, 1.165) is 31.7 Å². The van der Waals surface area contributed by atoms with Gasteiger partial charge in [-0.15, -0.1) is 0 Å². The molecule has 1 aliphatic rings. The van der Waals surface area contributed by atoms with Crippen molar-refractivity contribution in [2.75, 3.05) is 38.5 Å². The molecule has 106 valence electrons. The lowest BCUT2D eigenvalue weighted by Gasteiger charge is -2.26. The average Bonchev–Trinajstić information content (AvgIpc) is 2.46. The molecular formula is C13H21N3O2S. The molecule has 1 saturated heterocycles. The van der Waals surface area contributed by atoms with E-state index in [-0.39, 0.29) is 5.75 Å². The average molecular weight is 283 g/mol. The standard InChI is InChI=1S/C13H21N3O2S/c17-19(18,11-10-16-8-6-14-7-9-16)15-12-13-4-2-1-3-5-13/h1-5,14-15H,6-12H2. The zero-order valence-corrected chi connectivity index (χ0v) is 11.8. The molecule has 1 aromatic rings. The molecule has 0 aromatic heterocycles. The van der Waals surface area contributed by atoms with E-state index in [2.05, 4.69) is 14.9 Å². The normalized spacial score (nSPS) is 17.5. The quantitative estimate of drug-likeness (QED) is 0.772. The molecule has 1 aromatic carbocycles. The smallest absolute Gasteiger partial charge is 0.213 e. The van der Waals surface area contributed by atoms with Crippen molar-refractivity contribution in [3.8, 4) is 0 Å². The largest absolute Gasteiger partial charge is 0.314 e. The van der Waals surface area contributed by atoms with Gasteiger partial charge in [0.1, 0.15) is 0 Å². The first-order valence-corrected chi connectivity index (χ1v) is 8.25. The van der Waals surface area contributed by atoms with Crippen LogP contribution >= 0.6 is 0 Å². The molecule has 0 bridgehead atoms. The highest BCUT2D eigenvalue weighted by Gasteiger charge is 2.15. The predicted octanol–water partition coefficient (Wildman–Crippen LogP) is 0.0112. The maximum Gasteiger partial charge on any atom is 0.213 e. The van der Waals surface area contributed by atoms with Crippen molar-refractivity contribution in [3.05, 3.63) is 35.9 Å². The van der Waals surface area contributed by atoms with Crippen LogP contribution in [0.5, 0.6) is 0 Å². The Labute approximate surface area is 115 Å². The van der Waals surface area contributed by atoms with Crippen LogP contribution in [0.3, 0.4) is 0 Å². The molecule has 0 atom stereocenters. The Balaban J connectivity index is 1.75. The van der Waals surface area contributed by atoms with Gasteiger partial charge in [-0.25, -0.2) is 13.1 Å². The zero-order valence-electron chi connectivity index (χ0n) is 11.0. The third kappa shape index (κ3) is 5.28. The minimum Gasteiger partial charge on any atom is -0.314 e. The van der Waals surface area contributed by atoms with E-state index in [9.17, 15) is 8.42 Å². The highest BCUT2D eigenvalue weighted by Crippen LogP contribution is 2.00. The van der Waals surface area contributed by atoms with Crippen LogP contribution in [-0.4, -0.2) is 51.8 Å². The van der Waals surface area contributed by atoms with Crippen LogP contribution in [0.25, 0.3) is 0 Å². The fourth-order valence-corrected chi connectivity index (χ4v) is 3.07. The number of hydrogen-bond acceptors (Lipinski definition) is 4. The Bertz CT molecular complexity index is 470. The first kappa shape index (κ1) is 14.5. The summed E-state index contributed by atoms with van der Waals surface area (Å²) in [5, 5.41) is 3.25. The van der Waals surface area contributed by atoms with Crippen LogP contribution in [0.2, 0.25) is 0 Å². The molecule has 0 aliphatic carbocycles. The van der Waals surface area contributed by atoms with Crippen LogP contribution in [0.1, 0.15) is 5.56 Å². The summed E-state index contributed by atoms with van der Waals surface area (Å²) in [5.74, 6) is 0.167. The van der Waals surface area contributed by atoms with E-state index in [1.165, 1.54) is 0 Å². The molecule has 2 rings (SSSR count). The second-order valence-corrected chi connectivity index (χ2v) is 6.64. The number of nitrogens with one attached hydrogen (secondary N) is 2. The SMILES string of the molecule is O=S(=O)(CCN1CCNCC1)NCc1ccccc1. The monoisotopic (exact) mass is 283 g/mol. The van der Waals surface area contributed by atoms with Crippen LogP contribution in [0, 0.1) is 0 Å². The van der Waals surface area contributed by atoms with E-state index in [1.54, 1.807) is 0 Å². The Morgan fingerprint density at radius 3 is 2.53 bits per heavy atom. The van der Waals surface area contributed by atoms with Crippen LogP contribution in [-0.2, 0) is 16.6 Å². The summed E-state index contributed by atoms with van der Waals surface area (Å²) in [4.78, 5) is 2.18. The van der Waals surface area contributed by atoms with Gasteiger partial charge in [-0.1, -0.05) is 30.3 Å². The Morgan fingerprint density at radius 2 is 1.84 bits per heavy atom. The molecule has 19 heavy (non-hydrogen) atoms. The van der Waals surface area contributed by atoms with Gasteiger partial charge in [-0.05, 0) is 5.56 Å². The topological polar surface area (TPSA) is 61.4 Å². The van der Waals surface area contributed by atoms with Gasteiger partial charge in [-0.2, -0.15) is 0 Å². The lowest BCUT2D eigenvalue weighted by atomic mass is 10.2. The highest BCUT2D eigenvalue weighted by molar-refractivity contribution is 7.89. The Morgan fingerprint density at radius 1 is 1.16 bits per heavy atom. The first-order valence-electron chi connectivity index (χ1n) is 6.60. The molecule has 0 saturated carbocycles. The molecule has 0 radical (unpaired) electrons. The van der Waals surface area contributed by atoms with Crippen molar-refractivity contribution in [1.82, 2.24) is 14.9 Å². The zero-order chi connectivity index (χ0) is 13.6. The van der Waals surface area contributed by atoms with E-state index >= 15 is 0 Å². The van der Waals surface area contributed by atoms with Gasteiger partial charge in [0.05, 0.1) is 5.75 Å². The van der Waals surface area contributed by atoms with E-state index in [4.69, 9.17) is 0 Å². The Kier molecular flexibility index (Phi) is 5.33. The highest BCUT2D eigenvalue weighted by atomic mass is 32.2. The Hall–Kier alpha value is -0.950. The predicted molar refractivity (Wildman–Crippen MR) is 76.4 cm³/mol. The van der Waals surface area contributed by atoms with Gasteiger partial charge in [-0.3, -0.25) is 4.90 Å². The third-order valence-corrected chi connectivity index (χ3v) is 4.53. The third-order valence-electron chi connectivity index (χ3n) is 3.22. The minimum absolute atomic E-state index is 0.167. The molecule has 0 spiro atoms. The van der Waals surface area contributed by atoms with E-state index < -0.39 is 10.0 Å². The van der Waals surface area contributed by atoms with Crippen molar-refractivity contribution < 1.29 is 8.42 Å². The summed E-state index contributed by atoms with van der Waals surface area (Å²) in [5.41, 5.74) is 0.980. The number of rotatable bonds is 6. The number of hydrogen-bond donors (Lipinski definition) is 2. The molecule has 6 heteroatoms. The number of sulfonamides is 1. The minimum atomic E-state index is -3.19. The maximum atomic E-state index is 11.9. The summed E-state index contributed by atoms with van der Waals surface area (Å²) < 4.78 is 26.4. The molecule has 0 amide bonds. The number of nitrogens with zero attached hydrogens (tertiary/aromatic N) is 1. The fraction of sp³-hybridized carbons (Fsp3) is 0.538. The van der Waals surface area contributed by atoms with Crippen LogP contribution < -0.4 is 10.0 Å². The molecule has 5 nitrogen and oxygen atoms in total. The second-order valence-electron chi connectivity index (χ2n) is 4.72. The summed E-state index contributed by atoms with van der Waals surface area (Å²) >= 11 is 0. The summed E-state index contributed by atoms with van der Waals surface area (Å²) in [6.07, 6.45) is 0. The molecule has 0 unspecified atom stereocenters. The molecule has 1 fully saturated rings. The second kappa shape index (κ2) is 7.00. The number of benzene rings is 1. The maximum absolute atomic E-state index is 11.9. The van der Waals surface area contributed by atoms with E-state index in [0.29, 0.717) is 13.1 Å². The summed E-state index contributed by atoms with van der Waals surface area (Å²) in [6.45, 7) is 4.70. The van der Waals surface area contributed by atoms with Gasteiger partial charge < -0.3 is 5.32 Å². The molecular weight excluding hydrogens is 262 g/mol. The van der Waals surface area contributed by atoms with Crippen LogP contribution in [0.15, 0.2) is 30.3 Å². The summed E-state index contributed by atoms with van der Waals surface area (Å²) in [6, 6.07) is 9.56. The van der Waals surface area contributed by atoms with Crippen LogP contribution in [0.4, 0.5) is 0 Å². The molecule has 2 N–H and O–H groups in total. The fourth-order valence-electron chi connectivity index (χ4n) is 2.05. The van der Waals surface area contributed by atoms with E-state index in [1.807, 2.05) is 30.3 Å². The van der Waals surface area contributed by atoms with Gasteiger partial charge in [0, 0.05) is 39.3 Å². The summed E-state index contributed by atoms with van der Waals surface area (Å²) in [7, 11) is -3.19. The molecule has 1 heterocycles.